The number of aromatic nitrogens is 1. The zero-order valence-electron chi connectivity index (χ0n) is 20.7. The number of fused-ring (bicyclic) bond motifs is 5. The first-order chi connectivity index (χ1) is 17.2. The number of ether oxygens (including phenoxy) is 2. The van der Waals surface area contributed by atoms with Crippen LogP contribution in [0, 0.1) is 5.92 Å². The maximum absolute atomic E-state index is 12.5. The number of para-hydroxylation sites is 1. The minimum absolute atomic E-state index is 0.275. The molecule has 184 valence electrons. The van der Waals surface area contributed by atoms with Crippen molar-refractivity contribution in [3.8, 4) is 17.0 Å². The first-order valence-corrected chi connectivity index (χ1v) is 13.4. The highest BCUT2D eigenvalue weighted by Crippen LogP contribution is 2.47. The van der Waals surface area contributed by atoms with Crippen molar-refractivity contribution in [2.45, 2.75) is 69.9 Å². The summed E-state index contributed by atoms with van der Waals surface area (Å²) in [5.74, 6) is 1.64. The zero-order chi connectivity index (χ0) is 23.8. The van der Waals surface area contributed by atoms with Gasteiger partial charge in [0.05, 0.1) is 25.0 Å². The number of esters is 1. The normalized spacial score (nSPS) is 22.7. The van der Waals surface area contributed by atoms with Gasteiger partial charge in [0.1, 0.15) is 5.75 Å². The van der Waals surface area contributed by atoms with Crippen LogP contribution < -0.4 is 10.1 Å². The Balaban J connectivity index is 1.56. The monoisotopic (exact) mass is 472 g/mol. The van der Waals surface area contributed by atoms with Crippen molar-refractivity contribution in [2.75, 3.05) is 20.3 Å². The number of benzene rings is 2. The topological polar surface area (TPSA) is 52.5 Å². The third-order valence-corrected chi connectivity index (χ3v) is 8.38. The SMILES string of the molecule is COC(=O)c1ccc2c(C3CCCCC3)c3n(c2c1)C[C@H](CC1CCCN1)COc1ccccc1-3. The molecule has 5 heteroatoms. The van der Waals surface area contributed by atoms with E-state index in [1.165, 1.54) is 74.3 Å². The predicted octanol–water partition coefficient (Wildman–Crippen LogP) is 6.29. The summed E-state index contributed by atoms with van der Waals surface area (Å²) < 4.78 is 14.1. The Kier molecular flexibility index (Phi) is 6.28. The number of hydrogen-bond donors (Lipinski definition) is 1. The number of carbonyl (C=O) groups is 1. The molecule has 0 amide bonds. The van der Waals surface area contributed by atoms with Crippen LogP contribution in [0.25, 0.3) is 22.2 Å². The lowest BCUT2D eigenvalue weighted by Crippen LogP contribution is -2.30. The lowest BCUT2D eigenvalue weighted by Gasteiger charge is -2.29. The Hall–Kier alpha value is -2.79. The molecule has 0 spiro atoms. The maximum Gasteiger partial charge on any atom is 0.337 e. The third-order valence-electron chi connectivity index (χ3n) is 8.38. The van der Waals surface area contributed by atoms with E-state index >= 15 is 0 Å². The second kappa shape index (κ2) is 9.69. The van der Waals surface area contributed by atoms with Crippen molar-refractivity contribution in [1.29, 1.82) is 0 Å². The van der Waals surface area contributed by atoms with Crippen LogP contribution in [0.5, 0.6) is 5.75 Å². The highest BCUT2D eigenvalue weighted by Gasteiger charge is 2.31. The van der Waals surface area contributed by atoms with Gasteiger partial charge in [-0.3, -0.25) is 0 Å². The van der Waals surface area contributed by atoms with Crippen LogP contribution in [0.15, 0.2) is 42.5 Å². The molecule has 6 rings (SSSR count). The van der Waals surface area contributed by atoms with E-state index in [2.05, 4.69) is 46.3 Å². The van der Waals surface area contributed by atoms with E-state index in [4.69, 9.17) is 9.47 Å². The number of hydrogen-bond acceptors (Lipinski definition) is 4. The second-order valence-electron chi connectivity index (χ2n) is 10.6. The molecule has 2 aromatic carbocycles. The largest absolute Gasteiger partial charge is 0.493 e. The average Bonchev–Trinajstić information content (AvgIpc) is 3.52. The molecular formula is C30H36N2O3. The van der Waals surface area contributed by atoms with E-state index in [-0.39, 0.29) is 5.97 Å². The van der Waals surface area contributed by atoms with Crippen LogP contribution in [-0.2, 0) is 11.3 Å². The molecule has 1 aliphatic carbocycles. The van der Waals surface area contributed by atoms with Gasteiger partial charge < -0.3 is 19.4 Å². The van der Waals surface area contributed by atoms with Gasteiger partial charge in [-0.1, -0.05) is 37.5 Å². The van der Waals surface area contributed by atoms with Crippen LogP contribution in [0.3, 0.4) is 0 Å². The number of methoxy groups -OCH3 is 1. The number of carbonyl (C=O) groups excluding carboxylic acids is 1. The maximum atomic E-state index is 12.5. The summed E-state index contributed by atoms with van der Waals surface area (Å²) in [6, 6.07) is 15.3. The molecule has 1 saturated carbocycles. The summed E-state index contributed by atoms with van der Waals surface area (Å²) in [5.41, 5.74) is 5.71. The number of rotatable bonds is 4. The minimum Gasteiger partial charge on any atom is -0.493 e. The van der Waals surface area contributed by atoms with Gasteiger partial charge in [0.2, 0.25) is 0 Å². The molecule has 3 aromatic rings. The van der Waals surface area contributed by atoms with Crippen molar-refractivity contribution in [2.24, 2.45) is 5.92 Å². The first-order valence-electron chi connectivity index (χ1n) is 13.4. The molecule has 3 aliphatic rings. The van der Waals surface area contributed by atoms with Crippen molar-refractivity contribution in [1.82, 2.24) is 9.88 Å². The van der Waals surface area contributed by atoms with Crippen LogP contribution in [-0.4, -0.2) is 36.8 Å². The average molecular weight is 473 g/mol. The quantitative estimate of drug-likeness (QED) is 0.453. The van der Waals surface area contributed by atoms with Crippen LogP contribution in [0.4, 0.5) is 0 Å². The van der Waals surface area contributed by atoms with Gasteiger partial charge in [-0.05, 0) is 74.4 Å². The van der Waals surface area contributed by atoms with Crippen molar-refractivity contribution in [3.05, 3.63) is 53.6 Å². The molecule has 0 bridgehead atoms. The predicted molar refractivity (Wildman–Crippen MR) is 139 cm³/mol. The smallest absolute Gasteiger partial charge is 0.337 e. The molecule has 1 aromatic heterocycles. The molecule has 2 fully saturated rings. The van der Waals surface area contributed by atoms with Gasteiger partial charge in [-0.2, -0.15) is 0 Å². The summed E-state index contributed by atoms with van der Waals surface area (Å²) in [5, 5.41) is 4.97. The lowest BCUT2D eigenvalue weighted by atomic mass is 9.81. The molecule has 2 atom stereocenters. The van der Waals surface area contributed by atoms with Gasteiger partial charge in [0.25, 0.3) is 0 Å². The zero-order valence-corrected chi connectivity index (χ0v) is 20.7. The molecule has 3 heterocycles. The summed E-state index contributed by atoms with van der Waals surface area (Å²) in [4.78, 5) is 12.5. The first kappa shape index (κ1) is 22.7. The fourth-order valence-corrected chi connectivity index (χ4v) is 6.72. The van der Waals surface area contributed by atoms with E-state index in [0.717, 1.165) is 30.8 Å². The van der Waals surface area contributed by atoms with Gasteiger partial charge in [-0.25, -0.2) is 4.79 Å². The molecule has 35 heavy (non-hydrogen) atoms. The third kappa shape index (κ3) is 4.24. The molecule has 1 N–H and O–H groups in total. The minimum atomic E-state index is -0.275. The Bertz CT molecular complexity index is 1220. The molecule has 5 nitrogen and oxygen atoms in total. The van der Waals surface area contributed by atoms with E-state index in [9.17, 15) is 4.79 Å². The summed E-state index contributed by atoms with van der Waals surface area (Å²) in [6.07, 6.45) is 9.95. The van der Waals surface area contributed by atoms with E-state index in [1.807, 2.05) is 6.07 Å². The Morgan fingerprint density at radius 1 is 1.09 bits per heavy atom. The van der Waals surface area contributed by atoms with Gasteiger partial charge in [0, 0.05) is 35.0 Å². The molecule has 1 unspecified atom stereocenters. The van der Waals surface area contributed by atoms with Crippen LogP contribution in [0.1, 0.15) is 73.2 Å². The standard InChI is InChI=1S/C30H36N2O3/c1-34-30(33)22-13-14-24-26(17-22)32-18-20(16-23-10-7-15-31-23)19-35-27-12-6-5-11-25(27)29(32)28(24)21-8-3-2-4-9-21/h5-6,11-14,17,20-21,23,31H,2-4,7-10,15-16,18-19H2,1H3/t20-,23?/m0/s1. The van der Waals surface area contributed by atoms with E-state index in [1.54, 1.807) is 0 Å². The fourth-order valence-electron chi connectivity index (χ4n) is 6.72. The Morgan fingerprint density at radius 2 is 1.94 bits per heavy atom. The van der Waals surface area contributed by atoms with Crippen LogP contribution >= 0.6 is 0 Å². The number of nitrogens with one attached hydrogen (secondary N) is 1. The lowest BCUT2D eigenvalue weighted by molar-refractivity contribution is 0.0601. The molecule has 1 saturated heterocycles. The van der Waals surface area contributed by atoms with Gasteiger partial charge in [-0.15, -0.1) is 0 Å². The number of nitrogens with zero attached hydrogens (tertiary/aromatic N) is 1. The Morgan fingerprint density at radius 3 is 2.74 bits per heavy atom. The van der Waals surface area contributed by atoms with E-state index < -0.39 is 0 Å². The highest BCUT2D eigenvalue weighted by atomic mass is 16.5. The van der Waals surface area contributed by atoms with E-state index in [0.29, 0.717) is 30.0 Å². The molecule has 0 radical (unpaired) electrons. The summed E-state index contributed by atoms with van der Waals surface area (Å²) >= 11 is 0. The highest BCUT2D eigenvalue weighted by molar-refractivity contribution is 5.99. The van der Waals surface area contributed by atoms with Crippen LogP contribution in [0.2, 0.25) is 0 Å². The summed E-state index contributed by atoms with van der Waals surface area (Å²) in [7, 11) is 1.46. The summed E-state index contributed by atoms with van der Waals surface area (Å²) in [6.45, 7) is 2.73. The second-order valence-corrected chi connectivity index (χ2v) is 10.6. The Labute approximate surface area is 207 Å². The fraction of sp³-hybridized carbons (Fsp3) is 0.500. The van der Waals surface area contributed by atoms with Crippen molar-refractivity contribution < 1.29 is 14.3 Å². The van der Waals surface area contributed by atoms with Crippen molar-refractivity contribution in [3.63, 3.8) is 0 Å². The van der Waals surface area contributed by atoms with Gasteiger partial charge in [0.15, 0.2) is 0 Å². The molecular weight excluding hydrogens is 436 g/mol. The van der Waals surface area contributed by atoms with Crippen molar-refractivity contribution >= 4 is 16.9 Å². The van der Waals surface area contributed by atoms with Gasteiger partial charge >= 0.3 is 5.97 Å². The molecule has 2 aliphatic heterocycles.